The van der Waals surface area contributed by atoms with Crippen molar-refractivity contribution in [1.29, 1.82) is 0 Å². The SMILES string of the molecule is Cc1ccc(-n2c(SCC(=O)NC(C)c3ccco3)nc3ccccc3c2=O)cc1F. The van der Waals surface area contributed by atoms with Crippen LogP contribution >= 0.6 is 11.8 Å². The third-order valence-electron chi connectivity index (χ3n) is 4.84. The summed E-state index contributed by atoms with van der Waals surface area (Å²) in [5, 5.41) is 3.58. The van der Waals surface area contributed by atoms with Crippen LogP contribution in [0.5, 0.6) is 0 Å². The highest BCUT2D eigenvalue weighted by molar-refractivity contribution is 7.99. The number of nitrogens with zero attached hydrogens (tertiary/aromatic N) is 2. The highest BCUT2D eigenvalue weighted by atomic mass is 32.2. The molecule has 1 N–H and O–H groups in total. The van der Waals surface area contributed by atoms with Crippen LogP contribution in [0.3, 0.4) is 0 Å². The molecule has 2 aromatic heterocycles. The van der Waals surface area contributed by atoms with E-state index in [0.29, 0.717) is 33.1 Å². The summed E-state index contributed by atoms with van der Waals surface area (Å²) >= 11 is 1.12. The standard InChI is InChI=1S/C23H20FN3O3S/c1-14-9-10-16(12-18(14)24)27-22(29)17-6-3-4-7-19(17)26-23(27)31-13-21(28)25-15(2)20-8-5-11-30-20/h3-12,15H,13H2,1-2H3,(H,25,28). The quantitative estimate of drug-likeness (QED) is 0.357. The van der Waals surface area contributed by atoms with Gasteiger partial charge in [-0.05, 0) is 55.8 Å². The van der Waals surface area contributed by atoms with E-state index in [-0.39, 0.29) is 23.3 Å². The van der Waals surface area contributed by atoms with Crippen LogP contribution in [0.15, 0.2) is 75.2 Å². The molecule has 0 aliphatic carbocycles. The van der Waals surface area contributed by atoms with Gasteiger partial charge < -0.3 is 9.73 Å². The van der Waals surface area contributed by atoms with Crippen molar-refractivity contribution in [3.8, 4) is 5.69 Å². The van der Waals surface area contributed by atoms with Crippen LogP contribution in [-0.4, -0.2) is 21.2 Å². The molecule has 6 nitrogen and oxygen atoms in total. The number of carbonyl (C=O) groups excluding carboxylic acids is 1. The van der Waals surface area contributed by atoms with Gasteiger partial charge in [-0.15, -0.1) is 0 Å². The smallest absolute Gasteiger partial charge is 0.266 e. The Balaban J connectivity index is 1.66. The van der Waals surface area contributed by atoms with E-state index in [0.717, 1.165) is 11.8 Å². The molecule has 0 saturated carbocycles. The molecule has 0 saturated heterocycles. The van der Waals surface area contributed by atoms with Gasteiger partial charge in [0.15, 0.2) is 5.16 Å². The lowest BCUT2D eigenvalue weighted by Gasteiger charge is -2.15. The highest BCUT2D eigenvalue weighted by Gasteiger charge is 2.17. The van der Waals surface area contributed by atoms with Crippen molar-refractivity contribution in [2.24, 2.45) is 0 Å². The van der Waals surface area contributed by atoms with Crippen LogP contribution < -0.4 is 10.9 Å². The number of fused-ring (bicyclic) bond motifs is 1. The number of thioether (sulfide) groups is 1. The minimum absolute atomic E-state index is 0.0319. The average molecular weight is 437 g/mol. The lowest BCUT2D eigenvalue weighted by Crippen LogP contribution is -2.28. The molecule has 158 valence electrons. The topological polar surface area (TPSA) is 77.1 Å². The molecule has 0 bridgehead atoms. The Bertz CT molecular complexity index is 1300. The summed E-state index contributed by atoms with van der Waals surface area (Å²) in [5.41, 5.74) is 1.04. The first kappa shape index (κ1) is 20.9. The van der Waals surface area contributed by atoms with Crippen LogP contribution in [0.25, 0.3) is 16.6 Å². The molecule has 0 fully saturated rings. The molecule has 0 radical (unpaired) electrons. The Morgan fingerprint density at radius 2 is 2.03 bits per heavy atom. The fourth-order valence-corrected chi connectivity index (χ4v) is 4.00. The first-order valence-corrected chi connectivity index (χ1v) is 10.7. The molecule has 0 aliphatic rings. The maximum absolute atomic E-state index is 14.2. The minimum Gasteiger partial charge on any atom is -0.467 e. The summed E-state index contributed by atoms with van der Waals surface area (Å²) in [6.45, 7) is 3.47. The molecule has 1 unspecified atom stereocenters. The van der Waals surface area contributed by atoms with Gasteiger partial charge in [0.05, 0.1) is 34.6 Å². The lowest BCUT2D eigenvalue weighted by molar-refractivity contribution is -0.119. The molecule has 4 rings (SSSR count). The first-order valence-electron chi connectivity index (χ1n) is 9.68. The number of aromatic nitrogens is 2. The van der Waals surface area contributed by atoms with E-state index in [4.69, 9.17) is 4.42 Å². The maximum Gasteiger partial charge on any atom is 0.266 e. The van der Waals surface area contributed by atoms with Gasteiger partial charge in [0.1, 0.15) is 11.6 Å². The van der Waals surface area contributed by atoms with Crippen LogP contribution in [0.1, 0.15) is 24.3 Å². The number of carbonyl (C=O) groups is 1. The second kappa shape index (κ2) is 8.77. The van der Waals surface area contributed by atoms with Crippen molar-refractivity contribution in [2.45, 2.75) is 25.0 Å². The maximum atomic E-state index is 14.2. The van der Waals surface area contributed by atoms with E-state index in [1.54, 1.807) is 61.7 Å². The van der Waals surface area contributed by atoms with Crippen molar-refractivity contribution in [2.75, 3.05) is 5.75 Å². The molecule has 2 heterocycles. The minimum atomic E-state index is -0.418. The number of halogens is 1. The van der Waals surface area contributed by atoms with Gasteiger partial charge in [-0.3, -0.25) is 14.2 Å². The fraction of sp³-hybridized carbons (Fsp3) is 0.174. The molecule has 1 amide bonds. The van der Waals surface area contributed by atoms with Crippen LogP contribution in [-0.2, 0) is 4.79 Å². The number of furan rings is 1. The number of para-hydroxylation sites is 1. The number of amides is 1. The predicted molar refractivity (Wildman–Crippen MR) is 118 cm³/mol. The third kappa shape index (κ3) is 4.39. The summed E-state index contributed by atoms with van der Waals surface area (Å²) in [7, 11) is 0. The van der Waals surface area contributed by atoms with Crippen molar-refractivity contribution in [3.63, 3.8) is 0 Å². The Morgan fingerprint density at radius 3 is 2.77 bits per heavy atom. The van der Waals surface area contributed by atoms with E-state index >= 15 is 0 Å². The van der Waals surface area contributed by atoms with E-state index in [2.05, 4.69) is 10.3 Å². The lowest BCUT2D eigenvalue weighted by atomic mass is 10.2. The number of rotatable bonds is 6. The number of nitrogens with one attached hydrogen (secondary N) is 1. The first-order chi connectivity index (χ1) is 14.9. The number of benzene rings is 2. The Morgan fingerprint density at radius 1 is 1.23 bits per heavy atom. The normalized spacial score (nSPS) is 12.1. The monoisotopic (exact) mass is 437 g/mol. The zero-order valence-electron chi connectivity index (χ0n) is 17.0. The van der Waals surface area contributed by atoms with Crippen molar-refractivity contribution < 1.29 is 13.6 Å². The van der Waals surface area contributed by atoms with Crippen molar-refractivity contribution >= 4 is 28.6 Å². The summed E-state index contributed by atoms with van der Waals surface area (Å²) < 4.78 is 20.9. The van der Waals surface area contributed by atoms with Gasteiger partial charge >= 0.3 is 0 Å². The van der Waals surface area contributed by atoms with Gasteiger partial charge in [-0.25, -0.2) is 9.37 Å². The van der Waals surface area contributed by atoms with E-state index in [1.807, 2.05) is 6.92 Å². The Hall–Kier alpha value is -3.39. The summed E-state index contributed by atoms with van der Waals surface area (Å²) in [5.74, 6) is 0.0233. The molecular weight excluding hydrogens is 417 g/mol. The van der Waals surface area contributed by atoms with E-state index < -0.39 is 5.82 Å². The second-order valence-electron chi connectivity index (χ2n) is 7.08. The third-order valence-corrected chi connectivity index (χ3v) is 5.78. The summed E-state index contributed by atoms with van der Waals surface area (Å²) in [4.78, 5) is 30.2. The van der Waals surface area contributed by atoms with Crippen LogP contribution in [0, 0.1) is 12.7 Å². The summed E-state index contributed by atoms with van der Waals surface area (Å²) in [6, 6.07) is 14.8. The largest absolute Gasteiger partial charge is 0.467 e. The van der Waals surface area contributed by atoms with Crippen molar-refractivity contribution in [1.82, 2.24) is 14.9 Å². The van der Waals surface area contributed by atoms with Crippen LogP contribution in [0.2, 0.25) is 0 Å². The molecule has 1 atom stereocenters. The zero-order valence-corrected chi connectivity index (χ0v) is 17.8. The molecule has 0 aliphatic heterocycles. The zero-order chi connectivity index (χ0) is 22.0. The highest BCUT2D eigenvalue weighted by Crippen LogP contribution is 2.23. The summed E-state index contributed by atoms with van der Waals surface area (Å²) in [6.07, 6.45) is 1.55. The molecule has 4 aromatic rings. The van der Waals surface area contributed by atoms with E-state index in [1.165, 1.54) is 10.6 Å². The van der Waals surface area contributed by atoms with Gasteiger partial charge in [-0.2, -0.15) is 0 Å². The molecule has 2 aromatic carbocycles. The molecular formula is C23H20FN3O3S. The van der Waals surface area contributed by atoms with E-state index in [9.17, 15) is 14.0 Å². The average Bonchev–Trinajstić information content (AvgIpc) is 3.30. The molecule has 0 spiro atoms. The Kier molecular flexibility index (Phi) is 5.90. The van der Waals surface area contributed by atoms with Gasteiger partial charge in [-0.1, -0.05) is 30.0 Å². The van der Waals surface area contributed by atoms with Gasteiger partial charge in [0.25, 0.3) is 5.56 Å². The number of hydrogen-bond acceptors (Lipinski definition) is 5. The number of aryl methyl sites for hydroxylation is 1. The molecule has 8 heteroatoms. The van der Waals surface area contributed by atoms with Crippen molar-refractivity contribution in [3.05, 3.63) is 88.4 Å². The number of hydrogen-bond donors (Lipinski definition) is 1. The molecule has 31 heavy (non-hydrogen) atoms. The second-order valence-corrected chi connectivity index (χ2v) is 8.02. The van der Waals surface area contributed by atoms with Gasteiger partial charge in [0.2, 0.25) is 5.91 Å². The Labute approximate surface area is 182 Å². The van der Waals surface area contributed by atoms with Crippen LogP contribution in [0.4, 0.5) is 4.39 Å². The fourth-order valence-electron chi connectivity index (χ4n) is 3.18. The predicted octanol–water partition coefficient (Wildman–Crippen LogP) is 4.40. The van der Waals surface area contributed by atoms with Gasteiger partial charge in [0, 0.05) is 0 Å².